The van der Waals surface area contributed by atoms with Crippen LogP contribution in [0.4, 0.5) is 11.4 Å². The second-order valence-electron chi connectivity index (χ2n) is 4.95. The van der Waals surface area contributed by atoms with Crippen molar-refractivity contribution in [1.29, 1.82) is 0 Å². The molecule has 1 amide bonds. The molecule has 1 aromatic carbocycles. The smallest absolute Gasteiger partial charge is 0.234 e. The van der Waals surface area contributed by atoms with E-state index in [0.717, 1.165) is 24.5 Å². The molecule has 0 aliphatic carbocycles. The average molecular weight is 290 g/mol. The molecule has 3 nitrogen and oxygen atoms in total. The van der Waals surface area contributed by atoms with E-state index < -0.39 is 0 Å². The molecule has 1 N–H and O–H groups in total. The lowest BCUT2D eigenvalue weighted by atomic mass is 10.1. The fourth-order valence-electron chi connectivity index (χ4n) is 2.34. The highest BCUT2D eigenvalue weighted by molar-refractivity contribution is 8.00. The van der Waals surface area contributed by atoms with Gasteiger partial charge in [-0.25, -0.2) is 0 Å². The Morgan fingerprint density at radius 1 is 1.25 bits per heavy atom. The third-order valence-electron chi connectivity index (χ3n) is 3.34. The van der Waals surface area contributed by atoms with Crippen LogP contribution < -0.4 is 10.2 Å². The third-order valence-corrected chi connectivity index (χ3v) is 4.28. The fraction of sp³-hybridized carbons (Fsp3) is 0.438. The molecule has 1 aliphatic heterocycles. The zero-order chi connectivity index (χ0) is 14.2. The Morgan fingerprint density at radius 3 is 2.60 bits per heavy atom. The molecule has 1 saturated heterocycles. The summed E-state index contributed by atoms with van der Waals surface area (Å²) in [5, 5.41) is 2.92. The minimum absolute atomic E-state index is 0.0440. The molecule has 0 spiro atoms. The first kappa shape index (κ1) is 15.0. The molecule has 1 fully saturated rings. The van der Waals surface area contributed by atoms with Crippen molar-refractivity contribution in [2.75, 3.05) is 34.8 Å². The van der Waals surface area contributed by atoms with E-state index in [4.69, 9.17) is 0 Å². The molecule has 1 aliphatic rings. The van der Waals surface area contributed by atoms with Crippen LogP contribution in [0.15, 0.2) is 36.9 Å². The highest BCUT2D eigenvalue weighted by Gasteiger charge is 2.10. The topological polar surface area (TPSA) is 32.3 Å². The van der Waals surface area contributed by atoms with E-state index in [-0.39, 0.29) is 5.91 Å². The van der Waals surface area contributed by atoms with E-state index >= 15 is 0 Å². The molecule has 108 valence electrons. The predicted molar refractivity (Wildman–Crippen MR) is 88.7 cm³/mol. The molecular formula is C16H22N2OS. The van der Waals surface area contributed by atoms with Gasteiger partial charge in [0.15, 0.2) is 0 Å². The number of hydrogen-bond donors (Lipinski definition) is 1. The van der Waals surface area contributed by atoms with Crippen molar-refractivity contribution in [3.63, 3.8) is 0 Å². The standard InChI is InChI=1S/C16H22N2OS/c1-2-12-20-13-16(19)17-14-6-8-15(9-7-14)18-10-4-3-5-11-18/h2,6-9H,1,3-5,10-13H2,(H,17,19). The Kier molecular flexibility index (Phi) is 5.99. The highest BCUT2D eigenvalue weighted by atomic mass is 32.2. The van der Waals surface area contributed by atoms with Gasteiger partial charge in [0.1, 0.15) is 0 Å². The maximum atomic E-state index is 11.7. The van der Waals surface area contributed by atoms with Crippen LogP contribution in [-0.2, 0) is 4.79 Å². The van der Waals surface area contributed by atoms with Gasteiger partial charge in [-0.3, -0.25) is 4.79 Å². The number of nitrogens with one attached hydrogen (secondary N) is 1. The largest absolute Gasteiger partial charge is 0.372 e. The van der Waals surface area contributed by atoms with Crippen molar-refractivity contribution in [2.24, 2.45) is 0 Å². The van der Waals surface area contributed by atoms with Crippen LogP contribution in [0.2, 0.25) is 0 Å². The molecule has 1 heterocycles. The monoisotopic (exact) mass is 290 g/mol. The molecule has 0 atom stereocenters. The normalized spacial score (nSPS) is 14.9. The maximum absolute atomic E-state index is 11.7. The number of amides is 1. The number of benzene rings is 1. The molecule has 0 aromatic heterocycles. The number of anilines is 2. The predicted octanol–water partition coefficient (Wildman–Crippen LogP) is 3.53. The van der Waals surface area contributed by atoms with Crippen LogP contribution in [0.1, 0.15) is 19.3 Å². The second-order valence-corrected chi connectivity index (χ2v) is 5.98. The van der Waals surface area contributed by atoms with Crippen molar-refractivity contribution in [1.82, 2.24) is 0 Å². The van der Waals surface area contributed by atoms with E-state index in [1.165, 1.54) is 24.9 Å². The van der Waals surface area contributed by atoms with E-state index in [9.17, 15) is 4.79 Å². The van der Waals surface area contributed by atoms with Crippen LogP contribution in [0.5, 0.6) is 0 Å². The Morgan fingerprint density at radius 2 is 1.95 bits per heavy atom. The van der Waals surface area contributed by atoms with Crippen LogP contribution >= 0.6 is 11.8 Å². The molecule has 1 aromatic rings. The summed E-state index contributed by atoms with van der Waals surface area (Å²) in [4.78, 5) is 14.1. The number of carbonyl (C=O) groups is 1. The zero-order valence-electron chi connectivity index (χ0n) is 11.8. The quantitative estimate of drug-likeness (QED) is 0.642. The molecule has 0 radical (unpaired) electrons. The summed E-state index contributed by atoms with van der Waals surface area (Å²) in [6.07, 6.45) is 5.70. The Labute approximate surface area is 125 Å². The van der Waals surface area contributed by atoms with Gasteiger partial charge in [0.25, 0.3) is 0 Å². The summed E-state index contributed by atoms with van der Waals surface area (Å²) in [6, 6.07) is 8.16. The van der Waals surface area contributed by atoms with E-state index in [1.54, 1.807) is 11.8 Å². The molecule has 20 heavy (non-hydrogen) atoms. The molecule has 0 bridgehead atoms. The van der Waals surface area contributed by atoms with Gasteiger partial charge in [0.2, 0.25) is 5.91 Å². The summed E-state index contributed by atoms with van der Waals surface area (Å²) < 4.78 is 0. The van der Waals surface area contributed by atoms with Crippen molar-refractivity contribution < 1.29 is 4.79 Å². The summed E-state index contributed by atoms with van der Waals surface area (Å²) in [5.41, 5.74) is 2.12. The fourth-order valence-corrected chi connectivity index (χ4v) is 2.88. The lowest BCUT2D eigenvalue weighted by Crippen LogP contribution is -2.29. The van der Waals surface area contributed by atoms with Crippen LogP contribution in [0, 0.1) is 0 Å². The Balaban J connectivity index is 1.84. The molecule has 0 unspecified atom stereocenters. The number of piperidine rings is 1. The van der Waals surface area contributed by atoms with Gasteiger partial charge in [-0.05, 0) is 43.5 Å². The van der Waals surface area contributed by atoms with Crippen LogP contribution in [0.25, 0.3) is 0 Å². The van der Waals surface area contributed by atoms with Crippen molar-refractivity contribution in [3.8, 4) is 0 Å². The first-order chi connectivity index (χ1) is 9.79. The van der Waals surface area contributed by atoms with E-state index in [1.807, 2.05) is 18.2 Å². The van der Waals surface area contributed by atoms with Gasteiger partial charge >= 0.3 is 0 Å². The number of thioether (sulfide) groups is 1. The highest BCUT2D eigenvalue weighted by Crippen LogP contribution is 2.21. The molecule has 2 rings (SSSR count). The SMILES string of the molecule is C=CCSCC(=O)Nc1ccc(N2CCCCC2)cc1. The summed E-state index contributed by atoms with van der Waals surface area (Å²) >= 11 is 1.57. The lowest BCUT2D eigenvalue weighted by Gasteiger charge is -2.28. The van der Waals surface area contributed by atoms with E-state index in [0.29, 0.717) is 5.75 Å². The minimum atomic E-state index is 0.0440. The maximum Gasteiger partial charge on any atom is 0.234 e. The molecular weight excluding hydrogens is 268 g/mol. The van der Waals surface area contributed by atoms with Gasteiger partial charge in [-0.15, -0.1) is 18.3 Å². The van der Waals surface area contributed by atoms with E-state index in [2.05, 4.69) is 28.9 Å². The van der Waals surface area contributed by atoms with Crippen molar-refractivity contribution >= 4 is 29.0 Å². The van der Waals surface area contributed by atoms with Gasteiger partial charge in [0, 0.05) is 30.2 Å². The second kappa shape index (κ2) is 8.00. The summed E-state index contributed by atoms with van der Waals surface area (Å²) in [5.74, 6) is 1.32. The number of carbonyl (C=O) groups excluding carboxylic acids is 1. The number of nitrogens with zero attached hydrogens (tertiary/aromatic N) is 1. The third kappa shape index (κ3) is 4.60. The van der Waals surface area contributed by atoms with Crippen LogP contribution in [-0.4, -0.2) is 30.5 Å². The average Bonchev–Trinajstić information content (AvgIpc) is 2.49. The summed E-state index contributed by atoms with van der Waals surface area (Å²) in [7, 11) is 0. The van der Waals surface area contributed by atoms with Gasteiger partial charge < -0.3 is 10.2 Å². The van der Waals surface area contributed by atoms with Gasteiger partial charge in [0.05, 0.1) is 5.75 Å². The number of hydrogen-bond acceptors (Lipinski definition) is 3. The minimum Gasteiger partial charge on any atom is -0.372 e. The van der Waals surface area contributed by atoms with Crippen molar-refractivity contribution in [3.05, 3.63) is 36.9 Å². The first-order valence-electron chi connectivity index (χ1n) is 7.13. The Bertz CT molecular complexity index is 438. The van der Waals surface area contributed by atoms with Crippen molar-refractivity contribution in [2.45, 2.75) is 19.3 Å². The summed E-state index contributed by atoms with van der Waals surface area (Å²) in [6.45, 7) is 5.92. The molecule has 0 saturated carbocycles. The number of rotatable bonds is 6. The first-order valence-corrected chi connectivity index (χ1v) is 8.28. The van der Waals surface area contributed by atoms with Crippen LogP contribution in [0.3, 0.4) is 0 Å². The Hall–Kier alpha value is -1.42. The lowest BCUT2D eigenvalue weighted by molar-refractivity contribution is -0.113. The zero-order valence-corrected chi connectivity index (χ0v) is 12.6. The van der Waals surface area contributed by atoms with Gasteiger partial charge in [-0.1, -0.05) is 6.08 Å². The molecule has 4 heteroatoms. The van der Waals surface area contributed by atoms with Gasteiger partial charge in [-0.2, -0.15) is 0 Å².